The van der Waals surface area contributed by atoms with Gasteiger partial charge in [0.25, 0.3) is 0 Å². The number of thiazole rings is 1. The van der Waals surface area contributed by atoms with E-state index in [9.17, 15) is 0 Å². The van der Waals surface area contributed by atoms with E-state index < -0.39 is 0 Å². The van der Waals surface area contributed by atoms with E-state index in [1.165, 1.54) is 42.4 Å². The normalized spacial score (nSPS) is 13.0. The van der Waals surface area contributed by atoms with Gasteiger partial charge in [0.1, 0.15) is 5.15 Å². The molecule has 2 heterocycles. The van der Waals surface area contributed by atoms with E-state index in [0.717, 1.165) is 16.5 Å². The van der Waals surface area contributed by atoms with E-state index in [2.05, 4.69) is 33.9 Å². The van der Waals surface area contributed by atoms with Crippen molar-refractivity contribution in [3.05, 3.63) is 58.2 Å². The number of nitrogens with one attached hydrogen (secondary N) is 1. The Labute approximate surface area is 160 Å². The van der Waals surface area contributed by atoms with Gasteiger partial charge in [-0.3, -0.25) is 0 Å². The van der Waals surface area contributed by atoms with E-state index >= 15 is 0 Å². The Kier molecular flexibility index (Phi) is 5.54. The second-order valence-electron chi connectivity index (χ2n) is 5.72. The highest BCUT2D eigenvalue weighted by Crippen LogP contribution is 2.30. The number of hydrogen-bond acceptors (Lipinski definition) is 4. The van der Waals surface area contributed by atoms with E-state index in [0.29, 0.717) is 5.15 Å². The van der Waals surface area contributed by atoms with Crippen molar-refractivity contribution >= 4 is 50.7 Å². The lowest BCUT2D eigenvalue weighted by atomic mass is 9.90. The molecule has 4 rings (SSSR count). The summed E-state index contributed by atoms with van der Waals surface area (Å²) in [7, 11) is 0. The molecule has 1 aliphatic rings. The molecule has 2 aromatic heterocycles. The highest BCUT2D eigenvalue weighted by atomic mass is 79.9. The Balaban J connectivity index is 0.00000169. The molecule has 0 radical (unpaired) electrons. The van der Waals surface area contributed by atoms with Crippen LogP contribution >= 0.6 is 39.9 Å². The number of aryl methyl sites for hydroxylation is 2. The van der Waals surface area contributed by atoms with Gasteiger partial charge in [0.05, 0.1) is 17.6 Å². The van der Waals surface area contributed by atoms with Gasteiger partial charge in [-0.15, -0.1) is 28.3 Å². The molecule has 0 bridgehead atoms. The molecule has 6 heteroatoms. The number of pyridine rings is 1. The molecule has 0 amide bonds. The van der Waals surface area contributed by atoms with Gasteiger partial charge >= 0.3 is 0 Å². The predicted molar refractivity (Wildman–Crippen MR) is 107 cm³/mol. The van der Waals surface area contributed by atoms with Crippen LogP contribution in [0.25, 0.3) is 11.3 Å². The molecule has 24 heavy (non-hydrogen) atoms. The molecule has 1 aromatic carbocycles. The standard InChI is InChI=1S/C18H16ClN3S.BrH/c19-17-8-7-15(10-20-17)21-18-22-16(11-23-18)14-6-5-12-3-1-2-4-13(12)9-14;/h5-11H,1-4H2,(H,21,22);1H. The number of fused-ring (bicyclic) bond motifs is 1. The second-order valence-corrected chi connectivity index (χ2v) is 6.97. The van der Waals surface area contributed by atoms with Crippen LogP contribution in [-0.2, 0) is 12.8 Å². The SMILES string of the molecule is Br.Clc1ccc(Nc2nc(-c3ccc4c(c3)CCCC4)cs2)cn1. The fourth-order valence-corrected chi connectivity index (χ4v) is 3.78. The van der Waals surface area contributed by atoms with Crippen molar-refractivity contribution in [3.8, 4) is 11.3 Å². The maximum atomic E-state index is 5.80. The Morgan fingerprint density at radius 1 is 1.04 bits per heavy atom. The molecule has 0 atom stereocenters. The lowest BCUT2D eigenvalue weighted by Crippen LogP contribution is -2.02. The van der Waals surface area contributed by atoms with Crippen molar-refractivity contribution in [1.82, 2.24) is 9.97 Å². The number of rotatable bonds is 3. The second kappa shape index (κ2) is 7.64. The first-order valence-electron chi connectivity index (χ1n) is 7.74. The quantitative estimate of drug-likeness (QED) is 0.521. The average molecular weight is 423 g/mol. The van der Waals surface area contributed by atoms with Crippen LogP contribution in [0.2, 0.25) is 5.15 Å². The molecule has 124 valence electrons. The Morgan fingerprint density at radius 3 is 2.67 bits per heavy atom. The molecule has 3 nitrogen and oxygen atoms in total. The summed E-state index contributed by atoms with van der Waals surface area (Å²) >= 11 is 7.40. The monoisotopic (exact) mass is 421 g/mol. The van der Waals surface area contributed by atoms with E-state index in [-0.39, 0.29) is 17.0 Å². The molecule has 3 aromatic rings. The molecule has 0 saturated carbocycles. The number of halogens is 2. The molecular formula is C18H17BrClN3S. The van der Waals surface area contributed by atoms with Crippen molar-refractivity contribution in [2.75, 3.05) is 5.32 Å². The van der Waals surface area contributed by atoms with Crippen molar-refractivity contribution in [2.45, 2.75) is 25.7 Å². The molecule has 0 unspecified atom stereocenters. The predicted octanol–water partition coefficient (Wildman–Crippen LogP) is 6.06. The summed E-state index contributed by atoms with van der Waals surface area (Å²) in [6.07, 6.45) is 6.72. The van der Waals surface area contributed by atoms with Crippen molar-refractivity contribution in [2.24, 2.45) is 0 Å². The molecule has 0 saturated heterocycles. The van der Waals surface area contributed by atoms with E-state index in [4.69, 9.17) is 16.6 Å². The van der Waals surface area contributed by atoms with Crippen LogP contribution in [0.4, 0.5) is 10.8 Å². The summed E-state index contributed by atoms with van der Waals surface area (Å²) in [6.45, 7) is 0. The van der Waals surface area contributed by atoms with Gasteiger partial charge in [0.2, 0.25) is 0 Å². The van der Waals surface area contributed by atoms with Crippen LogP contribution in [-0.4, -0.2) is 9.97 Å². The maximum Gasteiger partial charge on any atom is 0.187 e. The summed E-state index contributed by atoms with van der Waals surface area (Å²) in [5.74, 6) is 0. The van der Waals surface area contributed by atoms with E-state index in [1.54, 1.807) is 23.6 Å². The van der Waals surface area contributed by atoms with Crippen LogP contribution in [0.3, 0.4) is 0 Å². The minimum Gasteiger partial charge on any atom is -0.330 e. The van der Waals surface area contributed by atoms with Crippen LogP contribution in [0, 0.1) is 0 Å². The van der Waals surface area contributed by atoms with Gasteiger partial charge in [-0.05, 0) is 55.0 Å². The number of nitrogens with zero attached hydrogens (tertiary/aromatic N) is 2. The fraction of sp³-hybridized carbons (Fsp3) is 0.222. The molecular weight excluding hydrogens is 406 g/mol. The third kappa shape index (κ3) is 3.79. The lowest BCUT2D eigenvalue weighted by molar-refractivity contribution is 0.686. The first kappa shape index (κ1) is 17.4. The third-order valence-corrected chi connectivity index (χ3v) is 5.11. The highest BCUT2D eigenvalue weighted by molar-refractivity contribution is 8.93. The van der Waals surface area contributed by atoms with Crippen LogP contribution < -0.4 is 5.32 Å². The molecule has 0 spiro atoms. The highest BCUT2D eigenvalue weighted by Gasteiger charge is 2.12. The van der Waals surface area contributed by atoms with Gasteiger partial charge in [0.15, 0.2) is 5.13 Å². The minimum atomic E-state index is 0. The lowest BCUT2D eigenvalue weighted by Gasteiger charge is -2.16. The largest absolute Gasteiger partial charge is 0.330 e. The minimum absolute atomic E-state index is 0. The van der Waals surface area contributed by atoms with Crippen LogP contribution in [0.15, 0.2) is 41.9 Å². The van der Waals surface area contributed by atoms with Crippen molar-refractivity contribution in [3.63, 3.8) is 0 Å². The van der Waals surface area contributed by atoms with Gasteiger partial charge in [-0.1, -0.05) is 23.7 Å². The molecule has 0 aliphatic heterocycles. The van der Waals surface area contributed by atoms with Crippen LogP contribution in [0.5, 0.6) is 0 Å². The number of hydrogen-bond donors (Lipinski definition) is 1. The summed E-state index contributed by atoms with van der Waals surface area (Å²) in [5.41, 5.74) is 6.09. The average Bonchev–Trinajstić information content (AvgIpc) is 3.05. The Hall–Kier alpha value is -1.43. The molecule has 1 aliphatic carbocycles. The van der Waals surface area contributed by atoms with E-state index in [1.807, 2.05) is 6.07 Å². The Morgan fingerprint density at radius 2 is 1.88 bits per heavy atom. The first-order chi connectivity index (χ1) is 11.3. The van der Waals surface area contributed by atoms with Crippen LogP contribution in [0.1, 0.15) is 24.0 Å². The summed E-state index contributed by atoms with van der Waals surface area (Å²) in [4.78, 5) is 8.76. The van der Waals surface area contributed by atoms with Crippen molar-refractivity contribution < 1.29 is 0 Å². The smallest absolute Gasteiger partial charge is 0.187 e. The third-order valence-electron chi connectivity index (χ3n) is 4.13. The summed E-state index contributed by atoms with van der Waals surface area (Å²) in [5, 5.41) is 6.72. The van der Waals surface area contributed by atoms with Gasteiger partial charge in [-0.25, -0.2) is 9.97 Å². The zero-order chi connectivity index (χ0) is 15.6. The van der Waals surface area contributed by atoms with Gasteiger partial charge in [-0.2, -0.15) is 0 Å². The fourth-order valence-electron chi connectivity index (χ4n) is 2.93. The number of aromatic nitrogens is 2. The number of benzene rings is 1. The van der Waals surface area contributed by atoms with Gasteiger partial charge in [0, 0.05) is 10.9 Å². The topological polar surface area (TPSA) is 37.8 Å². The molecule has 1 N–H and O–H groups in total. The summed E-state index contributed by atoms with van der Waals surface area (Å²) < 4.78 is 0. The first-order valence-corrected chi connectivity index (χ1v) is 9.00. The zero-order valence-electron chi connectivity index (χ0n) is 13.0. The summed E-state index contributed by atoms with van der Waals surface area (Å²) in [6, 6.07) is 10.4. The number of anilines is 2. The van der Waals surface area contributed by atoms with Gasteiger partial charge < -0.3 is 5.32 Å². The maximum absolute atomic E-state index is 5.80. The molecule has 0 fully saturated rings. The van der Waals surface area contributed by atoms with Crippen molar-refractivity contribution in [1.29, 1.82) is 0 Å². The Bertz CT molecular complexity index is 833. The zero-order valence-corrected chi connectivity index (χ0v) is 16.2.